The van der Waals surface area contributed by atoms with Crippen molar-refractivity contribution in [3.05, 3.63) is 59.1 Å². The van der Waals surface area contributed by atoms with Gasteiger partial charge in [-0.2, -0.15) is 5.10 Å². The number of hydrogen-bond donors (Lipinski definition) is 1. The van der Waals surface area contributed by atoms with Gasteiger partial charge in [-0.1, -0.05) is 15.9 Å². The van der Waals surface area contributed by atoms with Gasteiger partial charge < -0.3 is 14.8 Å². The molecule has 32 heavy (non-hydrogen) atoms. The Hall–Kier alpha value is -2.85. The maximum atomic E-state index is 12.6. The number of hydrogen-bond acceptors (Lipinski definition) is 6. The largest absolute Gasteiger partial charge is 0.497 e. The molecule has 2 heterocycles. The first-order valence-corrected chi connectivity index (χ1v) is 12.6. The van der Waals surface area contributed by atoms with Crippen molar-refractivity contribution in [1.82, 2.24) is 9.78 Å². The van der Waals surface area contributed by atoms with E-state index in [1.807, 2.05) is 36.4 Å². The van der Waals surface area contributed by atoms with Crippen LogP contribution in [0.3, 0.4) is 0 Å². The van der Waals surface area contributed by atoms with Crippen molar-refractivity contribution in [3.63, 3.8) is 0 Å². The number of methoxy groups -OCH3 is 1. The summed E-state index contributed by atoms with van der Waals surface area (Å²) in [5.41, 5.74) is 1.45. The lowest BCUT2D eigenvalue weighted by Gasteiger charge is -2.14. The fraction of sp³-hybridized carbons (Fsp3) is 0.273. The molecule has 1 atom stereocenters. The lowest BCUT2D eigenvalue weighted by atomic mass is 10.1. The second-order valence-electron chi connectivity index (χ2n) is 7.44. The number of amides is 1. The van der Waals surface area contributed by atoms with Crippen LogP contribution in [0.25, 0.3) is 11.3 Å². The highest BCUT2D eigenvalue weighted by Gasteiger charge is 2.31. The zero-order valence-corrected chi connectivity index (χ0v) is 19.7. The van der Waals surface area contributed by atoms with E-state index >= 15 is 0 Å². The molecule has 0 spiro atoms. The van der Waals surface area contributed by atoms with Crippen LogP contribution in [-0.2, 0) is 14.6 Å². The molecular weight excluding hydrogens is 498 g/mol. The summed E-state index contributed by atoms with van der Waals surface area (Å²) >= 11 is 3.35. The van der Waals surface area contributed by atoms with Crippen LogP contribution in [0.2, 0.25) is 0 Å². The van der Waals surface area contributed by atoms with Gasteiger partial charge in [-0.05, 0) is 55.0 Å². The van der Waals surface area contributed by atoms with Crippen LogP contribution >= 0.6 is 15.9 Å². The monoisotopic (exact) mass is 519 g/mol. The third-order valence-corrected chi connectivity index (χ3v) is 7.41. The molecule has 3 aromatic rings. The van der Waals surface area contributed by atoms with Gasteiger partial charge in [0.1, 0.15) is 17.3 Å². The van der Waals surface area contributed by atoms with Crippen LogP contribution in [0.4, 0.5) is 5.82 Å². The van der Waals surface area contributed by atoms with Gasteiger partial charge in [0.05, 0.1) is 30.4 Å². The normalized spacial score (nSPS) is 17.1. The number of carbonyl (C=O) groups is 1. The molecule has 1 fully saturated rings. The molecule has 1 aromatic heterocycles. The Labute approximate surface area is 194 Å². The number of anilines is 1. The summed E-state index contributed by atoms with van der Waals surface area (Å²) < 4.78 is 37.3. The molecule has 0 saturated carbocycles. The fourth-order valence-electron chi connectivity index (χ4n) is 3.50. The van der Waals surface area contributed by atoms with E-state index in [9.17, 15) is 13.2 Å². The zero-order chi connectivity index (χ0) is 22.7. The fourth-order valence-corrected chi connectivity index (χ4v) is 5.45. The number of nitrogens with zero attached hydrogens (tertiary/aromatic N) is 2. The second kappa shape index (κ2) is 9.33. The SMILES string of the molecule is COc1ccc(-c2cc(NC(=O)COc3ccc(Br)cc3)n(C3CCS(=O)(=O)C3)n2)cc1. The Morgan fingerprint density at radius 3 is 2.47 bits per heavy atom. The summed E-state index contributed by atoms with van der Waals surface area (Å²) in [5, 5.41) is 7.43. The number of carbonyl (C=O) groups excluding carboxylic acids is 1. The summed E-state index contributed by atoms with van der Waals surface area (Å²) in [6.45, 7) is -0.187. The summed E-state index contributed by atoms with van der Waals surface area (Å²) in [4.78, 5) is 12.6. The predicted octanol–water partition coefficient (Wildman–Crippen LogP) is 3.70. The molecule has 10 heteroatoms. The summed E-state index contributed by atoms with van der Waals surface area (Å²) in [6, 6.07) is 15.9. The van der Waals surface area contributed by atoms with E-state index in [1.165, 1.54) is 0 Å². The maximum Gasteiger partial charge on any atom is 0.263 e. The average Bonchev–Trinajstić information content (AvgIpc) is 3.36. The smallest absolute Gasteiger partial charge is 0.263 e. The van der Waals surface area contributed by atoms with Crippen LogP contribution in [0, 0.1) is 0 Å². The Kier molecular flexibility index (Phi) is 6.52. The third-order valence-electron chi connectivity index (χ3n) is 5.13. The molecule has 1 amide bonds. The van der Waals surface area contributed by atoms with Gasteiger partial charge in [0, 0.05) is 16.1 Å². The van der Waals surface area contributed by atoms with Gasteiger partial charge in [0.15, 0.2) is 16.4 Å². The maximum absolute atomic E-state index is 12.6. The minimum Gasteiger partial charge on any atom is -0.497 e. The first kappa shape index (κ1) is 22.3. The molecule has 1 N–H and O–H groups in total. The van der Waals surface area contributed by atoms with Gasteiger partial charge in [-0.25, -0.2) is 13.1 Å². The van der Waals surface area contributed by atoms with Gasteiger partial charge in [0.25, 0.3) is 5.91 Å². The molecule has 1 unspecified atom stereocenters. The summed E-state index contributed by atoms with van der Waals surface area (Å²) in [7, 11) is -1.53. The van der Waals surface area contributed by atoms with Crippen molar-refractivity contribution >= 4 is 37.5 Å². The van der Waals surface area contributed by atoms with Crippen molar-refractivity contribution in [2.45, 2.75) is 12.5 Å². The quantitative estimate of drug-likeness (QED) is 0.510. The van der Waals surface area contributed by atoms with Gasteiger partial charge in [0.2, 0.25) is 0 Å². The minimum absolute atomic E-state index is 0.00496. The van der Waals surface area contributed by atoms with E-state index in [1.54, 1.807) is 30.0 Å². The standard InChI is InChI=1S/C22H22BrN3O5S/c1-30-18-6-2-15(3-7-18)20-12-21(26(25-20)17-10-11-32(28,29)14-17)24-22(27)13-31-19-8-4-16(23)5-9-19/h2-9,12,17H,10-11,13-14H2,1H3,(H,24,27). The average molecular weight is 520 g/mol. The Balaban J connectivity index is 1.55. The van der Waals surface area contributed by atoms with Crippen LogP contribution in [0.5, 0.6) is 11.5 Å². The van der Waals surface area contributed by atoms with Crippen molar-refractivity contribution in [2.75, 3.05) is 30.5 Å². The zero-order valence-electron chi connectivity index (χ0n) is 17.3. The van der Waals surface area contributed by atoms with E-state index in [0.717, 1.165) is 10.0 Å². The number of aromatic nitrogens is 2. The van der Waals surface area contributed by atoms with Crippen molar-refractivity contribution < 1.29 is 22.7 Å². The highest BCUT2D eigenvalue weighted by Crippen LogP contribution is 2.31. The topological polar surface area (TPSA) is 99.5 Å². The highest BCUT2D eigenvalue weighted by molar-refractivity contribution is 9.10. The van der Waals surface area contributed by atoms with E-state index in [-0.39, 0.29) is 30.1 Å². The Morgan fingerprint density at radius 2 is 1.84 bits per heavy atom. The van der Waals surface area contributed by atoms with Crippen LogP contribution < -0.4 is 14.8 Å². The van der Waals surface area contributed by atoms with E-state index < -0.39 is 9.84 Å². The van der Waals surface area contributed by atoms with Crippen molar-refractivity contribution in [1.29, 1.82) is 0 Å². The molecular formula is C22H22BrN3O5S. The van der Waals surface area contributed by atoms with Crippen LogP contribution in [0.1, 0.15) is 12.5 Å². The number of benzene rings is 2. The highest BCUT2D eigenvalue weighted by atomic mass is 79.9. The van der Waals surface area contributed by atoms with E-state index in [4.69, 9.17) is 9.47 Å². The van der Waals surface area contributed by atoms with Gasteiger partial charge in [-0.15, -0.1) is 0 Å². The predicted molar refractivity (Wildman–Crippen MR) is 125 cm³/mol. The van der Waals surface area contributed by atoms with Crippen molar-refractivity contribution in [2.24, 2.45) is 0 Å². The second-order valence-corrected chi connectivity index (χ2v) is 10.6. The van der Waals surface area contributed by atoms with Gasteiger partial charge >= 0.3 is 0 Å². The number of ether oxygens (including phenoxy) is 2. The molecule has 4 rings (SSSR count). The lowest BCUT2D eigenvalue weighted by molar-refractivity contribution is -0.118. The number of halogens is 1. The molecule has 1 aliphatic heterocycles. The third kappa shape index (κ3) is 5.31. The van der Waals surface area contributed by atoms with Gasteiger partial charge in [-0.3, -0.25) is 4.79 Å². The minimum atomic E-state index is -3.12. The molecule has 0 bridgehead atoms. The Morgan fingerprint density at radius 1 is 1.16 bits per heavy atom. The van der Waals surface area contributed by atoms with E-state index in [0.29, 0.717) is 29.4 Å². The first-order chi connectivity index (χ1) is 15.3. The number of nitrogens with one attached hydrogen (secondary N) is 1. The lowest BCUT2D eigenvalue weighted by Crippen LogP contribution is -2.23. The Bertz CT molecular complexity index is 1210. The molecule has 1 aliphatic rings. The molecule has 0 radical (unpaired) electrons. The molecule has 1 saturated heterocycles. The number of rotatable bonds is 7. The van der Waals surface area contributed by atoms with E-state index in [2.05, 4.69) is 26.3 Å². The van der Waals surface area contributed by atoms with Crippen LogP contribution in [0.15, 0.2) is 59.1 Å². The summed E-state index contributed by atoms with van der Waals surface area (Å²) in [5.74, 6) is 1.45. The molecule has 8 nitrogen and oxygen atoms in total. The molecule has 0 aliphatic carbocycles. The first-order valence-electron chi connectivity index (χ1n) is 9.95. The van der Waals surface area contributed by atoms with Crippen LogP contribution in [-0.4, -0.2) is 49.3 Å². The molecule has 2 aromatic carbocycles. The number of sulfone groups is 1. The summed E-state index contributed by atoms with van der Waals surface area (Å²) in [6.07, 6.45) is 0.449. The van der Waals surface area contributed by atoms with Crippen molar-refractivity contribution in [3.8, 4) is 22.8 Å². The molecule has 168 valence electrons.